The van der Waals surface area contributed by atoms with E-state index < -0.39 is 0 Å². The number of thioether (sulfide) groups is 1. The van der Waals surface area contributed by atoms with Crippen molar-refractivity contribution in [2.45, 2.75) is 18.9 Å². The summed E-state index contributed by atoms with van der Waals surface area (Å²) >= 11 is 13.3. The maximum Gasteiger partial charge on any atom is 0.115 e. The Hall–Kier alpha value is -2.05. The van der Waals surface area contributed by atoms with E-state index in [1.165, 1.54) is 11.8 Å². The van der Waals surface area contributed by atoms with E-state index in [0.29, 0.717) is 49.0 Å². The number of nitriles is 1. The molecule has 120 valence electrons. The van der Waals surface area contributed by atoms with Crippen LogP contribution in [0.25, 0.3) is 0 Å². The molecule has 2 aromatic rings. The van der Waals surface area contributed by atoms with Gasteiger partial charge in [0.25, 0.3) is 0 Å². The van der Waals surface area contributed by atoms with Gasteiger partial charge in [0, 0.05) is 10.0 Å². The minimum Gasteiger partial charge on any atom is -0.243 e. The summed E-state index contributed by atoms with van der Waals surface area (Å²) in [6.45, 7) is 3.62. The minimum atomic E-state index is 0.447. The summed E-state index contributed by atoms with van der Waals surface area (Å²) in [5.41, 5.74) is 2.91. The fraction of sp³-hybridized carbons (Fsp3) is 0.176. The van der Waals surface area contributed by atoms with Gasteiger partial charge < -0.3 is 0 Å². The number of hydrogen-bond donors (Lipinski definition) is 0. The Kier molecular flexibility index (Phi) is 6.23. The van der Waals surface area contributed by atoms with Crippen molar-refractivity contribution in [3.8, 4) is 18.4 Å². The number of terminal acetylenes is 1. The molecule has 0 atom stereocenters. The summed E-state index contributed by atoms with van der Waals surface area (Å²) in [7, 11) is 0. The summed E-state index contributed by atoms with van der Waals surface area (Å²) in [6.07, 6.45) is 5.27. The van der Waals surface area contributed by atoms with Crippen molar-refractivity contribution < 1.29 is 0 Å². The molecule has 0 aliphatic heterocycles. The van der Waals surface area contributed by atoms with Crippen LogP contribution in [0.15, 0.2) is 33.5 Å². The highest BCUT2D eigenvalue weighted by Crippen LogP contribution is 2.33. The number of pyridine rings is 1. The van der Waals surface area contributed by atoms with Gasteiger partial charge >= 0.3 is 0 Å². The zero-order valence-electron chi connectivity index (χ0n) is 13.0. The molecule has 0 fully saturated rings. The topological polar surface area (TPSA) is 61.4 Å². The first-order chi connectivity index (χ1) is 11.5. The molecule has 4 nitrogen and oxygen atoms in total. The number of nitrogens with zero attached hydrogens (tertiary/aromatic N) is 4. The molecule has 0 aliphatic rings. The van der Waals surface area contributed by atoms with Gasteiger partial charge in [0.15, 0.2) is 0 Å². The highest BCUT2D eigenvalue weighted by molar-refractivity contribution is 7.99. The van der Waals surface area contributed by atoms with Crippen LogP contribution in [-0.4, -0.2) is 10.7 Å². The maximum absolute atomic E-state index is 9.41. The number of hydrogen-bond acceptors (Lipinski definition) is 5. The fourth-order valence-electron chi connectivity index (χ4n) is 2.01. The van der Waals surface area contributed by atoms with E-state index in [1.54, 1.807) is 18.2 Å². The van der Waals surface area contributed by atoms with Crippen molar-refractivity contribution in [1.29, 1.82) is 5.26 Å². The monoisotopic (exact) mass is 374 g/mol. The number of benzene rings is 1. The highest BCUT2D eigenvalue weighted by Gasteiger charge is 2.15. The van der Waals surface area contributed by atoms with Gasteiger partial charge in [0.1, 0.15) is 16.8 Å². The van der Waals surface area contributed by atoms with Gasteiger partial charge in [0.2, 0.25) is 0 Å². The Morgan fingerprint density at radius 2 is 1.88 bits per heavy atom. The van der Waals surface area contributed by atoms with E-state index in [1.807, 2.05) is 13.8 Å². The average molecular weight is 375 g/mol. The van der Waals surface area contributed by atoms with E-state index in [0.717, 1.165) is 0 Å². The Morgan fingerprint density at radius 1 is 1.21 bits per heavy atom. The molecule has 7 heteroatoms. The number of halogens is 2. The van der Waals surface area contributed by atoms with Gasteiger partial charge in [-0.05, 0) is 37.6 Å². The molecule has 0 spiro atoms. The lowest BCUT2D eigenvalue weighted by molar-refractivity contribution is 1.01. The van der Waals surface area contributed by atoms with Crippen LogP contribution in [0.5, 0.6) is 0 Å². The van der Waals surface area contributed by atoms with Crippen molar-refractivity contribution in [2.24, 2.45) is 10.2 Å². The second kappa shape index (κ2) is 8.17. The Labute approximate surface area is 154 Å². The van der Waals surface area contributed by atoms with Crippen molar-refractivity contribution in [1.82, 2.24) is 4.98 Å². The van der Waals surface area contributed by atoms with E-state index in [-0.39, 0.29) is 0 Å². The molecule has 0 aliphatic carbocycles. The maximum atomic E-state index is 9.41. The molecule has 0 N–H and O–H groups in total. The summed E-state index contributed by atoms with van der Waals surface area (Å²) in [4.78, 5) is 4.43. The summed E-state index contributed by atoms with van der Waals surface area (Å²) in [5, 5.41) is 19.4. The number of aromatic nitrogens is 1. The van der Waals surface area contributed by atoms with Gasteiger partial charge in [-0.15, -0.1) is 11.5 Å². The zero-order valence-corrected chi connectivity index (χ0v) is 15.3. The third kappa shape index (κ3) is 4.27. The van der Waals surface area contributed by atoms with Gasteiger partial charge in [0.05, 0.1) is 22.7 Å². The lowest BCUT2D eigenvalue weighted by Gasteiger charge is -2.09. The molecule has 0 amide bonds. The van der Waals surface area contributed by atoms with Crippen LogP contribution in [-0.2, 0) is 0 Å². The first-order valence-electron chi connectivity index (χ1n) is 6.81. The summed E-state index contributed by atoms with van der Waals surface area (Å²) in [5.74, 6) is 2.97. The molecule has 1 aromatic carbocycles. The van der Waals surface area contributed by atoms with E-state index in [2.05, 4.69) is 27.2 Å². The molecule has 1 aromatic heterocycles. The van der Waals surface area contributed by atoms with Crippen molar-refractivity contribution in [2.75, 3.05) is 5.75 Å². The molecule has 24 heavy (non-hydrogen) atoms. The van der Waals surface area contributed by atoms with Gasteiger partial charge in [-0.1, -0.05) is 40.9 Å². The predicted molar refractivity (Wildman–Crippen MR) is 98.6 cm³/mol. The molecular formula is C17H12Cl2N4S. The summed E-state index contributed by atoms with van der Waals surface area (Å²) < 4.78 is 0. The van der Waals surface area contributed by atoms with Crippen LogP contribution in [0.1, 0.15) is 16.8 Å². The Balaban J connectivity index is 2.46. The third-order valence-corrected chi connectivity index (χ3v) is 4.39. The van der Waals surface area contributed by atoms with Crippen molar-refractivity contribution in [3.05, 3.63) is 45.1 Å². The Bertz CT molecular complexity index is 875. The average Bonchev–Trinajstić information content (AvgIpc) is 2.51. The number of azo groups is 1. The van der Waals surface area contributed by atoms with Crippen LogP contribution in [0, 0.1) is 37.5 Å². The zero-order chi connectivity index (χ0) is 17.7. The molecule has 0 saturated heterocycles. The van der Waals surface area contributed by atoms with E-state index in [9.17, 15) is 5.26 Å². The normalized spacial score (nSPS) is 10.6. The fourth-order valence-corrected chi connectivity index (χ4v) is 3.29. The second-order valence-electron chi connectivity index (χ2n) is 4.78. The molecule has 0 radical (unpaired) electrons. The smallest absolute Gasteiger partial charge is 0.115 e. The molecule has 0 saturated carbocycles. The standard InChI is InChI=1S/C17H12Cl2N4S/c1-4-5-24-17-15(9-20)10(2)16(11(3)21-17)23-22-14-7-12(18)6-13(19)8-14/h1,6-8H,5H2,2-3H3. The van der Waals surface area contributed by atoms with E-state index >= 15 is 0 Å². The largest absolute Gasteiger partial charge is 0.243 e. The van der Waals surface area contributed by atoms with Gasteiger partial charge in [-0.25, -0.2) is 4.98 Å². The summed E-state index contributed by atoms with van der Waals surface area (Å²) in [6, 6.07) is 7.08. The van der Waals surface area contributed by atoms with Crippen molar-refractivity contribution in [3.63, 3.8) is 0 Å². The van der Waals surface area contributed by atoms with Gasteiger partial charge in [-0.2, -0.15) is 10.4 Å². The second-order valence-corrected chi connectivity index (χ2v) is 6.62. The Morgan fingerprint density at radius 3 is 2.46 bits per heavy atom. The molecule has 2 rings (SSSR count). The minimum absolute atomic E-state index is 0.447. The first-order valence-corrected chi connectivity index (χ1v) is 8.55. The SMILES string of the molecule is C#CCSc1nc(C)c(N=Nc2cc(Cl)cc(Cl)c2)c(C)c1C#N. The molecular weight excluding hydrogens is 363 g/mol. The number of aryl methyl sites for hydroxylation is 1. The van der Waals surface area contributed by atoms with Crippen LogP contribution in [0.2, 0.25) is 10.0 Å². The predicted octanol–water partition coefficient (Wildman–Crippen LogP) is 6.02. The molecule has 1 heterocycles. The van der Waals surface area contributed by atoms with E-state index in [4.69, 9.17) is 29.6 Å². The van der Waals surface area contributed by atoms with Gasteiger partial charge in [-0.3, -0.25) is 0 Å². The van der Waals surface area contributed by atoms with Crippen LogP contribution in [0.3, 0.4) is 0 Å². The van der Waals surface area contributed by atoms with Crippen molar-refractivity contribution >= 4 is 46.3 Å². The molecule has 0 unspecified atom stereocenters. The lowest BCUT2D eigenvalue weighted by atomic mass is 10.1. The third-order valence-electron chi connectivity index (χ3n) is 3.07. The first kappa shape index (κ1) is 18.3. The molecule has 0 bridgehead atoms. The van der Waals surface area contributed by atoms with Crippen LogP contribution < -0.4 is 0 Å². The quantitative estimate of drug-likeness (QED) is 0.373. The van der Waals surface area contributed by atoms with Crippen LogP contribution >= 0.6 is 35.0 Å². The van der Waals surface area contributed by atoms with Crippen LogP contribution in [0.4, 0.5) is 11.4 Å². The lowest BCUT2D eigenvalue weighted by Crippen LogP contribution is -1.96. The highest BCUT2D eigenvalue weighted by atomic mass is 35.5. The number of rotatable bonds is 4.